The second-order valence-corrected chi connectivity index (χ2v) is 7.56. The van der Waals surface area contributed by atoms with Crippen LogP contribution in [0.1, 0.15) is 48.6 Å². The van der Waals surface area contributed by atoms with Gasteiger partial charge in [-0.05, 0) is 72.3 Å². The van der Waals surface area contributed by atoms with Gasteiger partial charge in [-0.2, -0.15) is 4.98 Å². The van der Waals surface area contributed by atoms with E-state index < -0.39 is 0 Å². The van der Waals surface area contributed by atoms with E-state index in [-0.39, 0.29) is 5.43 Å². The minimum Gasteiger partial charge on any atom is -0.437 e. The first-order valence-electron chi connectivity index (χ1n) is 8.32. The van der Waals surface area contributed by atoms with Crippen molar-refractivity contribution in [3.63, 3.8) is 0 Å². The first kappa shape index (κ1) is 12.1. The highest BCUT2D eigenvalue weighted by Gasteiger charge is 2.56. The molecule has 1 aromatic carbocycles. The second-order valence-electron chi connectivity index (χ2n) is 7.56. The fourth-order valence-corrected chi connectivity index (χ4v) is 5.19. The molecule has 1 unspecified atom stereocenters. The minimum absolute atomic E-state index is 0.0179. The van der Waals surface area contributed by atoms with Crippen molar-refractivity contribution >= 4 is 27.9 Å². The van der Waals surface area contributed by atoms with Gasteiger partial charge >= 0.3 is 0 Å². The summed E-state index contributed by atoms with van der Waals surface area (Å²) in [6.45, 7) is 0. The Morgan fingerprint density at radius 3 is 2.87 bits per heavy atom. The van der Waals surface area contributed by atoms with Crippen molar-refractivity contribution in [3.05, 3.63) is 45.6 Å². The number of nitrogen functional groups attached to an aromatic ring is 1. The molecule has 0 radical (unpaired) electrons. The van der Waals surface area contributed by atoms with Crippen LogP contribution in [0.25, 0.3) is 22.1 Å². The zero-order valence-corrected chi connectivity index (χ0v) is 12.6. The van der Waals surface area contributed by atoms with Crippen molar-refractivity contribution in [1.29, 1.82) is 0 Å². The van der Waals surface area contributed by atoms with E-state index in [9.17, 15) is 4.79 Å². The molecule has 3 aromatic rings. The molecule has 2 heterocycles. The topological polar surface area (TPSA) is 69.1 Å². The normalized spacial score (nSPS) is 30.4. The third kappa shape index (κ3) is 1.30. The van der Waals surface area contributed by atoms with E-state index in [0.717, 1.165) is 12.0 Å². The van der Waals surface area contributed by atoms with E-state index in [1.807, 2.05) is 18.2 Å². The smallest absolute Gasteiger partial charge is 0.232 e. The van der Waals surface area contributed by atoms with E-state index in [1.165, 1.54) is 24.8 Å². The molecule has 2 saturated carbocycles. The molecule has 1 atom stereocenters. The number of anilines is 1. The summed E-state index contributed by atoms with van der Waals surface area (Å²) in [4.78, 5) is 17.4. The number of benzene rings is 1. The Morgan fingerprint density at radius 1 is 1.22 bits per heavy atom. The Hall–Kier alpha value is -2.36. The summed E-state index contributed by atoms with van der Waals surface area (Å²) in [5, 5.41) is 1.24. The van der Waals surface area contributed by atoms with Crippen LogP contribution in [-0.2, 0) is 0 Å². The van der Waals surface area contributed by atoms with Gasteiger partial charge in [0.2, 0.25) is 11.1 Å². The monoisotopic (exact) mass is 304 g/mol. The molecule has 4 nitrogen and oxygen atoms in total. The van der Waals surface area contributed by atoms with Crippen LogP contribution in [-0.4, -0.2) is 4.98 Å². The lowest BCUT2D eigenvalue weighted by Crippen LogP contribution is -2.48. The van der Waals surface area contributed by atoms with Gasteiger partial charge in [0.15, 0.2) is 0 Å². The molecule has 0 amide bonds. The van der Waals surface area contributed by atoms with Crippen LogP contribution < -0.4 is 11.2 Å². The van der Waals surface area contributed by atoms with Gasteiger partial charge in [-0.15, -0.1) is 0 Å². The van der Waals surface area contributed by atoms with Gasteiger partial charge in [-0.1, -0.05) is 6.07 Å². The van der Waals surface area contributed by atoms with Gasteiger partial charge in [0.25, 0.3) is 0 Å². The molecule has 4 aliphatic carbocycles. The van der Waals surface area contributed by atoms with E-state index in [1.54, 1.807) is 0 Å². The molecular weight excluding hydrogens is 288 g/mol. The Morgan fingerprint density at radius 2 is 2.09 bits per heavy atom. The highest BCUT2D eigenvalue weighted by Crippen LogP contribution is 2.68. The standard InChI is InChI=1S/C19H16N2O2/c20-17-11-6-13-16(22)12-5-9(1-2-15(12)23-18(13)21-17)10-7-19(8-10)4-3-14(11)19/h1-2,5-6,10,14H,3-4,7-8H2,(H2,20,21). The molecule has 0 saturated heterocycles. The number of hydrogen-bond acceptors (Lipinski definition) is 4. The van der Waals surface area contributed by atoms with Crippen LogP contribution >= 0.6 is 0 Å². The number of pyridine rings is 1. The van der Waals surface area contributed by atoms with Crippen molar-refractivity contribution in [2.75, 3.05) is 5.73 Å². The summed E-state index contributed by atoms with van der Waals surface area (Å²) >= 11 is 0. The third-order valence-electron chi connectivity index (χ3n) is 6.57. The Labute approximate surface area is 132 Å². The summed E-state index contributed by atoms with van der Waals surface area (Å²) in [5.41, 5.74) is 9.92. The summed E-state index contributed by atoms with van der Waals surface area (Å²) in [6.07, 6.45) is 4.80. The zero-order valence-electron chi connectivity index (χ0n) is 12.6. The maximum absolute atomic E-state index is 12.9. The summed E-state index contributed by atoms with van der Waals surface area (Å²) < 4.78 is 5.86. The third-order valence-corrected chi connectivity index (χ3v) is 6.57. The number of rotatable bonds is 0. The quantitative estimate of drug-likeness (QED) is 0.643. The lowest BCUT2D eigenvalue weighted by molar-refractivity contribution is -0.0213. The molecule has 4 aliphatic rings. The van der Waals surface area contributed by atoms with E-state index in [2.05, 4.69) is 11.1 Å². The number of nitrogens with two attached hydrogens (primary N) is 1. The molecule has 7 rings (SSSR count). The second kappa shape index (κ2) is 3.58. The summed E-state index contributed by atoms with van der Waals surface area (Å²) in [6, 6.07) is 8.02. The summed E-state index contributed by atoms with van der Waals surface area (Å²) in [7, 11) is 0. The fraction of sp³-hybridized carbons (Fsp3) is 0.368. The Kier molecular flexibility index (Phi) is 1.89. The van der Waals surface area contributed by atoms with Crippen LogP contribution in [0.15, 0.2) is 33.5 Å². The van der Waals surface area contributed by atoms with Crippen molar-refractivity contribution in [3.8, 4) is 0 Å². The molecule has 0 aliphatic heterocycles. The number of nitrogens with zero attached hydrogens (tertiary/aromatic N) is 1. The Balaban J connectivity index is 1.82. The first-order valence-corrected chi connectivity index (χ1v) is 8.32. The van der Waals surface area contributed by atoms with Gasteiger partial charge in [0.05, 0.1) is 10.8 Å². The molecule has 6 bridgehead atoms. The number of hydrogen-bond donors (Lipinski definition) is 1. The van der Waals surface area contributed by atoms with Gasteiger partial charge in [0, 0.05) is 0 Å². The van der Waals surface area contributed by atoms with E-state index >= 15 is 0 Å². The highest BCUT2D eigenvalue weighted by molar-refractivity contribution is 5.89. The number of aromatic nitrogens is 1. The largest absolute Gasteiger partial charge is 0.437 e. The predicted molar refractivity (Wildman–Crippen MR) is 88.6 cm³/mol. The summed E-state index contributed by atoms with van der Waals surface area (Å²) in [5.74, 6) is 1.53. The van der Waals surface area contributed by atoms with Crippen LogP contribution in [0.5, 0.6) is 0 Å². The average Bonchev–Trinajstić information content (AvgIpc) is 2.48. The van der Waals surface area contributed by atoms with Gasteiger partial charge < -0.3 is 10.2 Å². The maximum atomic E-state index is 12.9. The zero-order chi connectivity index (χ0) is 15.3. The van der Waals surface area contributed by atoms with Crippen molar-refractivity contribution in [1.82, 2.24) is 4.98 Å². The van der Waals surface area contributed by atoms with Gasteiger partial charge in [-0.3, -0.25) is 4.79 Å². The molecule has 2 N–H and O–H groups in total. The highest BCUT2D eigenvalue weighted by atomic mass is 16.3. The Bertz CT molecular complexity index is 1080. The molecule has 1 spiro atoms. The van der Waals surface area contributed by atoms with E-state index in [4.69, 9.17) is 10.2 Å². The molecule has 23 heavy (non-hydrogen) atoms. The van der Waals surface area contributed by atoms with Crippen LogP contribution in [0.2, 0.25) is 0 Å². The first-order chi connectivity index (χ1) is 11.1. The van der Waals surface area contributed by atoms with Gasteiger partial charge in [0.1, 0.15) is 11.4 Å². The molecular formula is C19H16N2O2. The lowest BCUT2D eigenvalue weighted by atomic mass is 9.44. The average molecular weight is 304 g/mol. The SMILES string of the molecule is Nc1nc2oc3ccc4cc3c(=O)c2cc1C1CCC12CC4C2. The predicted octanol–water partition coefficient (Wildman–Crippen LogP) is 3.68. The molecule has 2 fully saturated rings. The van der Waals surface area contributed by atoms with Crippen LogP contribution in [0, 0.1) is 5.41 Å². The molecule has 114 valence electrons. The van der Waals surface area contributed by atoms with Crippen molar-refractivity contribution in [2.24, 2.45) is 5.41 Å². The van der Waals surface area contributed by atoms with Gasteiger partial charge in [-0.25, -0.2) is 0 Å². The molecule has 4 heteroatoms. The van der Waals surface area contributed by atoms with Crippen molar-refractivity contribution < 1.29 is 4.42 Å². The fourth-order valence-electron chi connectivity index (χ4n) is 5.19. The maximum Gasteiger partial charge on any atom is 0.232 e. The molecule has 2 aromatic heterocycles. The van der Waals surface area contributed by atoms with E-state index in [0.29, 0.717) is 45.1 Å². The minimum atomic E-state index is 0.0179. The van der Waals surface area contributed by atoms with Crippen LogP contribution in [0.4, 0.5) is 5.82 Å². The lowest BCUT2D eigenvalue weighted by Gasteiger charge is -2.60. The van der Waals surface area contributed by atoms with Crippen molar-refractivity contribution in [2.45, 2.75) is 37.5 Å². The van der Waals surface area contributed by atoms with Crippen LogP contribution in [0.3, 0.4) is 0 Å².